The highest BCUT2D eigenvalue weighted by Gasteiger charge is 2.16. The third-order valence-corrected chi connectivity index (χ3v) is 1.35. The van der Waals surface area contributed by atoms with Crippen molar-refractivity contribution < 1.29 is 4.79 Å². The fourth-order valence-corrected chi connectivity index (χ4v) is 0.815. The maximum absolute atomic E-state index is 11.3. The van der Waals surface area contributed by atoms with Crippen molar-refractivity contribution >= 4 is 12.4 Å². The van der Waals surface area contributed by atoms with Crippen LogP contribution in [0.4, 0.5) is 4.79 Å². The predicted molar refractivity (Wildman–Crippen MR) is 39.1 cm³/mol. The van der Waals surface area contributed by atoms with Gasteiger partial charge < -0.3 is 0 Å². The predicted octanol–water partition coefficient (Wildman–Crippen LogP) is -0.948. The number of aliphatic imine (C=N–C) groups is 1. The van der Waals surface area contributed by atoms with Crippen molar-refractivity contribution in [3.63, 3.8) is 0 Å². The molecule has 2 rings (SSSR count). The van der Waals surface area contributed by atoms with Gasteiger partial charge in [-0.3, -0.25) is 4.99 Å². The van der Waals surface area contributed by atoms with Crippen LogP contribution < -0.4 is 5.43 Å². The van der Waals surface area contributed by atoms with Gasteiger partial charge >= 0.3 is 6.03 Å². The van der Waals surface area contributed by atoms with Gasteiger partial charge in [-0.15, -0.1) is 0 Å². The van der Waals surface area contributed by atoms with Crippen LogP contribution in [0.1, 0.15) is 0 Å². The largest absolute Gasteiger partial charge is 0.366 e. The Labute approximate surface area is 67.7 Å². The minimum Gasteiger partial charge on any atom is -0.257 e. The highest BCUT2D eigenvalue weighted by Crippen LogP contribution is 1.91. The number of amides is 1. The molecule has 0 aromatic carbocycles. The van der Waals surface area contributed by atoms with Crippen LogP contribution in [0.5, 0.6) is 0 Å². The average molecular weight is 166 g/mol. The lowest BCUT2D eigenvalue weighted by molar-refractivity contribution is 0.211. The molecule has 1 amide bonds. The van der Waals surface area contributed by atoms with Gasteiger partial charge in [-0.1, -0.05) is 0 Å². The number of nitrogens with one attached hydrogen (secondary N) is 1. The summed E-state index contributed by atoms with van der Waals surface area (Å²) in [5.74, 6) is 0. The first-order chi connectivity index (χ1) is 5.88. The van der Waals surface area contributed by atoms with Gasteiger partial charge in [-0.2, -0.15) is 9.78 Å². The zero-order valence-electron chi connectivity index (χ0n) is 6.08. The van der Waals surface area contributed by atoms with Crippen molar-refractivity contribution in [2.24, 2.45) is 4.99 Å². The summed E-state index contributed by atoms with van der Waals surface area (Å²) < 4.78 is 1.12. The van der Waals surface area contributed by atoms with Gasteiger partial charge in [0, 0.05) is 0 Å². The van der Waals surface area contributed by atoms with Crippen molar-refractivity contribution in [2.75, 3.05) is 6.67 Å². The molecule has 1 aliphatic heterocycles. The van der Waals surface area contributed by atoms with Gasteiger partial charge in [-0.05, 0) is 0 Å². The van der Waals surface area contributed by atoms with Crippen LogP contribution in [0.2, 0.25) is 0 Å². The summed E-state index contributed by atoms with van der Waals surface area (Å²) in [5, 5.41) is 4.92. The van der Waals surface area contributed by atoms with Crippen LogP contribution in [0.3, 0.4) is 0 Å². The first kappa shape index (κ1) is 6.92. The van der Waals surface area contributed by atoms with Crippen LogP contribution in [0.25, 0.3) is 0 Å². The molecule has 1 aliphatic rings. The number of carbonyl (C=O) groups is 1. The van der Waals surface area contributed by atoms with E-state index in [9.17, 15) is 4.79 Å². The van der Waals surface area contributed by atoms with Crippen molar-refractivity contribution in [1.29, 1.82) is 0 Å². The van der Waals surface area contributed by atoms with Crippen molar-refractivity contribution in [1.82, 2.24) is 25.2 Å². The molecule has 7 heteroatoms. The molecule has 0 saturated carbocycles. The smallest absolute Gasteiger partial charge is 0.257 e. The summed E-state index contributed by atoms with van der Waals surface area (Å²) in [6.45, 7) is 0.417. The second kappa shape index (κ2) is 2.70. The number of hydrogen-bond acceptors (Lipinski definition) is 5. The van der Waals surface area contributed by atoms with Crippen LogP contribution in [-0.4, -0.2) is 38.8 Å². The summed E-state index contributed by atoms with van der Waals surface area (Å²) in [6, 6.07) is -0.325. The Morgan fingerprint density at radius 3 is 3.08 bits per heavy atom. The second-order valence-corrected chi connectivity index (χ2v) is 2.11. The van der Waals surface area contributed by atoms with Crippen LogP contribution in [-0.2, 0) is 0 Å². The average Bonchev–Trinajstić information content (AvgIpc) is 2.77. The Bertz CT molecular complexity index is 304. The van der Waals surface area contributed by atoms with Crippen LogP contribution >= 0.6 is 0 Å². The molecule has 1 N–H and O–H groups in total. The highest BCUT2D eigenvalue weighted by molar-refractivity contribution is 5.87. The number of carbonyl (C=O) groups excluding carboxylic acids is 1. The maximum atomic E-state index is 11.3. The third kappa shape index (κ3) is 1.05. The molecule has 2 heterocycles. The summed E-state index contributed by atoms with van der Waals surface area (Å²) in [5.41, 5.74) is 2.72. The standard InChI is InChI=1S/C5H6N6O/c12-5(10-3-6-1-8-10)11-4-7-2-9-11/h1,3-4,9H,2H2. The number of nitrogens with zero attached hydrogens (tertiary/aromatic N) is 5. The van der Waals surface area contributed by atoms with Gasteiger partial charge in [0.15, 0.2) is 0 Å². The maximum Gasteiger partial charge on any atom is 0.366 e. The van der Waals surface area contributed by atoms with E-state index in [2.05, 4.69) is 20.5 Å². The minimum atomic E-state index is -0.325. The molecule has 0 radical (unpaired) electrons. The molecule has 1 aromatic rings. The molecule has 0 aliphatic carbocycles. The SMILES string of the molecule is O=C(N1C=NCN1)n1cncn1. The van der Waals surface area contributed by atoms with Crippen LogP contribution in [0.15, 0.2) is 17.6 Å². The van der Waals surface area contributed by atoms with E-state index in [0.29, 0.717) is 6.67 Å². The first-order valence-electron chi connectivity index (χ1n) is 3.29. The van der Waals surface area contributed by atoms with Gasteiger partial charge in [0.2, 0.25) is 0 Å². The van der Waals surface area contributed by atoms with E-state index in [0.717, 1.165) is 4.68 Å². The Kier molecular flexibility index (Phi) is 1.56. The summed E-state index contributed by atoms with van der Waals surface area (Å²) in [6.07, 6.45) is 4.03. The van der Waals surface area contributed by atoms with Crippen molar-refractivity contribution in [2.45, 2.75) is 0 Å². The molecule has 1 aromatic heterocycles. The van der Waals surface area contributed by atoms with Crippen molar-refractivity contribution in [3.05, 3.63) is 12.7 Å². The lowest BCUT2D eigenvalue weighted by atomic mass is 10.9. The first-order valence-corrected chi connectivity index (χ1v) is 3.29. The monoisotopic (exact) mass is 166 g/mol. The lowest BCUT2D eigenvalue weighted by Gasteiger charge is -2.09. The summed E-state index contributed by atoms with van der Waals surface area (Å²) >= 11 is 0. The molecule has 12 heavy (non-hydrogen) atoms. The molecular weight excluding hydrogens is 160 g/mol. The number of hydrogen-bond donors (Lipinski definition) is 1. The summed E-state index contributed by atoms with van der Waals surface area (Å²) in [4.78, 5) is 18.8. The van der Waals surface area contributed by atoms with E-state index in [1.807, 2.05) is 0 Å². The second-order valence-electron chi connectivity index (χ2n) is 2.11. The number of aromatic nitrogens is 3. The fourth-order valence-electron chi connectivity index (χ4n) is 0.815. The Balaban J connectivity index is 2.15. The number of hydrazine groups is 1. The highest BCUT2D eigenvalue weighted by atomic mass is 16.2. The lowest BCUT2D eigenvalue weighted by Crippen LogP contribution is -2.40. The molecular formula is C5H6N6O. The fraction of sp³-hybridized carbons (Fsp3) is 0.200. The van der Waals surface area contributed by atoms with Gasteiger partial charge in [0.1, 0.15) is 25.7 Å². The normalized spacial score (nSPS) is 15.5. The Morgan fingerprint density at radius 1 is 1.58 bits per heavy atom. The molecule has 0 saturated heterocycles. The van der Waals surface area contributed by atoms with Gasteiger partial charge in [-0.25, -0.2) is 20.2 Å². The van der Waals surface area contributed by atoms with Gasteiger partial charge in [0.05, 0.1) is 0 Å². The Morgan fingerprint density at radius 2 is 2.50 bits per heavy atom. The molecule has 0 fully saturated rings. The minimum absolute atomic E-state index is 0.325. The van der Waals surface area contributed by atoms with E-state index in [-0.39, 0.29) is 6.03 Å². The zero-order valence-corrected chi connectivity index (χ0v) is 6.08. The Hall–Kier alpha value is -1.76. The zero-order chi connectivity index (χ0) is 8.39. The molecule has 62 valence electrons. The van der Waals surface area contributed by atoms with E-state index in [1.165, 1.54) is 24.0 Å². The van der Waals surface area contributed by atoms with Crippen LogP contribution in [0, 0.1) is 0 Å². The quantitative estimate of drug-likeness (QED) is 0.539. The van der Waals surface area contributed by atoms with Gasteiger partial charge in [0.25, 0.3) is 0 Å². The van der Waals surface area contributed by atoms with E-state index in [4.69, 9.17) is 0 Å². The molecule has 0 unspecified atom stereocenters. The van der Waals surface area contributed by atoms with E-state index >= 15 is 0 Å². The molecule has 0 atom stereocenters. The third-order valence-electron chi connectivity index (χ3n) is 1.35. The number of rotatable bonds is 0. The van der Waals surface area contributed by atoms with E-state index < -0.39 is 0 Å². The topological polar surface area (TPSA) is 75.4 Å². The van der Waals surface area contributed by atoms with Crippen molar-refractivity contribution in [3.8, 4) is 0 Å². The molecule has 0 bridgehead atoms. The summed E-state index contributed by atoms with van der Waals surface area (Å²) in [7, 11) is 0. The molecule has 0 spiro atoms. The van der Waals surface area contributed by atoms with E-state index in [1.54, 1.807) is 0 Å². The molecule has 7 nitrogen and oxygen atoms in total.